The molecule has 0 unspecified atom stereocenters. The maximum atomic E-state index is 11.2. The van der Waals surface area contributed by atoms with E-state index in [0.29, 0.717) is 17.5 Å². The number of nitriles is 1. The summed E-state index contributed by atoms with van der Waals surface area (Å²) < 4.78 is 10.9. The number of methoxy groups -OCH3 is 2. The van der Waals surface area contributed by atoms with Crippen LogP contribution < -0.4 is 28.5 Å². The van der Waals surface area contributed by atoms with Crippen LogP contribution in [0.15, 0.2) is 49.1 Å². The molecule has 2 aromatic heterocycles. The van der Waals surface area contributed by atoms with Gasteiger partial charge in [0.2, 0.25) is 0 Å². The fourth-order valence-electron chi connectivity index (χ4n) is 1.84. The molecule has 0 aliphatic heterocycles. The van der Waals surface area contributed by atoms with Gasteiger partial charge in [0, 0.05) is 31.3 Å². The lowest BCUT2D eigenvalue weighted by molar-refractivity contribution is -0.697. The Balaban J connectivity index is 0.000000497. The summed E-state index contributed by atoms with van der Waals surface area (Å²) in [6.07, 6.45) is 7.96. The largest absolute Gasteiger partial charge is 1.00 e. The zero-order chi connectivity index (χ0) is 18.5. The molecule has 26 heavy (non-hydrogen) atoms. The highest BCUT2D eigenvalue weighted by Crippen LogP contribution is 1.97. The van der Waals surface area contributed by atoms with E-state index in [4.69, 9.17) is 5.26 Å². The highest BCUT2D eigenvalue weighted by atomic mass is 127. The molecule has 0 spiro atoms. The summed E-state index contributed by atoms with van der Waals surface area (Å²) in [7, 11) is 2.70. The quantitative estimate of drug-likeness (QED) is 0.240. The second-order valence-corrected chi connectivity index (χ2v) is 4.82. The highest BCUT2D eigenvalue weighted by molar-refractivity contribution is 5.89. The fraction of sp³-hybridized carbons (Fsp3) is 0.278. The van der Waals surface area contributed by atoms with E-state index in [0.717, 1.165) is 13.0 Å². The zero-order valence-corrected chi connectivity index (χ0v) is 16.8. The van der Waals surface area contributed by atoms with Gasteiger partial charge in [-0.1, -0.05) is 0 Å². The van der Waals surface area contributed by atoms with Gasteiger partial charge < -0.3 is 33.5 Å². The van der Waals surface area contributed by atoms with Gasteiger partial charge in [-0.15, -0.1) is 0 Å². The minimum Gasteiger partial charge on any atom is -1.00 e. The van der Waals surface area contributed by atoms with Crippen molar-refractivity contribution in [3.8, 4) is 6.07 Å². The first kappa shape index (κ1) is 23.5. The van der Waals surface area contributed by atoms with Gasteiger partial charge in [0.25, 0.3) is 0 Å². The number of unbranched alkanes of at least 4 members (excludes halogenated alkanes) is 1. The highest BCUT2D eigenvalue weighted by Gasteiger charge is 2.09. The lowest BCUT2D eigenvalue weighted by Gasteiger charge is -1.98. The van der Waals surface area contributed by atoms with Crippen molar-refractivity contribution >= 4 is 11.9 Å². The van der Waals surface area contributed by atoms with Gasteiger partial charge >= 0.3 is 11.9 Å². The molecular formula is C18H20IN3O4. The van der Waals surface area contributed by atoms with Crippen molar-refractivity contribution in [2.75, 3.05) is 14.2 Å². The first-order valence-corrected chi connectivity index (χ1v) is 7.55. The van der Waals surface area contributed by atoms with Crippen LogP contribution in [0.4, 0.5) is 0 Å². The standard InChI is InChI=1S/C11H13N2O2.C7H7NO2.HI/c1-15-11(14)10-5-4-8-13(9-10)7-3-2-6-12;1-10-7(9)6-3-2-4-8-5-6;/h4-5,8-9H,2-3,7H2,1H3;2-5H,1H3;1H/q+1;;/p-1. The van der Waals surface area contributed by atoms with E-state index in [1.165, 1.54) is 20.4 Å². The summed E-state index contributed by atoms with van der Waals surface area (Å²) in [6.45, 7) is 0.735. The number of halogens is 1. The number of ether oxygens (including phenoxy) is 2. The van der Waals surface area contributed by atoms with Crippen LogP contribution in [-0.4, -0.2) is 31.1 Å². The third kappa shape index (κ3) is 8.53. The van der Waals surface area contributed by atoms with Gasteiger partial charge in [-0.3, -0.25) is 4.98 Å². The molecule has 0 bridgehead atoms. The lowest BCUT2D eigenvalue weighted by Crippen LogP contribution is -3.00. The third-order valence-electron chi connectivity index (χ3n) is 3.07. The van der Waals surface area contributed by atoms with Gasteiger partial charge in [0.15, 0.2) is 12.4 Å². The number of carbonyl (C=O) groups is 2. The Hall–Kier alpha value is -2.54. The smallest absolute Gasteiger partial charge is 0.343 e. The monoisotopic (exact) mass is 469 g/mol. The Morgan fingerprint density at radius 3 is 2.38 bits per heavy atom. The molecule has 0 N–H and O–H groups in total. The van der Waals surface area contributed by atoms with Crippen molar-refractivity contribution in [1.82, 2.24) is 4.98 Å². The number of pyridine rings is 2. The molecule has 0 saturated heterocycles. The number of carbonyl (C=O) groups excluding carboxylic acids is 2. The zero-order valence-electron chi connectivity index (χ0n) is 14.6. The van der Waals surface area contributed by atoms with Crippen molar-refractivity contribution in [3.63, 3.8) is 0 Å². The van der Waals surface area contributed by atoms with Crippen molar-refractivity contribution in [3.05, 3.63) is 60.2 Å². The lowest BCUT2D eigenvalue weighted by atomic mass is 10.2. The molecule has 0 saturated carbocycles. The van der Waals surface area contributed by atoms with Crippen molar-refractivity contribution < 1.29 is 47.6 Å². The Bertz CT molecular complexity index is 733. The molecule has 0 aliphatic rings. The molecule has 0 amide bonds. The summed E-state index contributed by atoms with van der Waals surface area (Å²) in [4.78, 5) is 25.7. The summed E-state index contributed by atoms with van der Waals surface area (Å²) in [5.74, 6) is -0.697. The number of aromatic nitrogens is 2. The van der Waals surface area contributed by atoms with E-state index < -0.39 is 0 Å². The molecule has 2 aromatic rings. The van der Waals surface area contributed by atoms with Gasteiger partial charge in [0.05, 0.1) is 25.9 Å². The molecule has 2 heterocycles. The molecule has 8 heteroatoms. The predicted molar refractivity (Wildman–Crippen MR) is 88.4 cm³/mol. The topological polar surface area (TPSA) is 93.2 Å². The first-order chi connectivity index (χ1) is 12.1. The molecule has 0 radical (unpaired) electrons. The van der Waals surface area contributed by atoms with Crippen LogP contribution in [0.5, 0.6) is 0 Å². The molecule has 2 rings (SSSR count). The minimum atomic E-state index is -0.354. The number of aryl methyl sites for hydroxylation is 1. The van der Waals surface area contributed by atoms with Gasteiger partial charge in [0.1, 0.15) is 12.1 Å². The normalized spacial score (nSPS) is 8.81. The molecule has 0 aliphatic carbocycles. The number of nitrogens with zero attached hydrogens (tertiary/aromatic N) is 3. The average molecular weight is 469 g/mol. The number of esters is 2. The predicted octanol–water partition coefficient (Wildman–Crippen LogP) is -1.06. The van der Waals surface area contributed by atoms with E-state index in [1.54, 1.807) is 36.7 Å². The number of hydrogen-bond donors (Lipinski definition) is 0. The Labute approximate surface area is 169 Å². The number of rotatable bonds is 5. The Morgan fingerprint density at radius 2 is 1.81 bits per heavy atom. The van der Waals surface area contributed by atoms with Crippen molar-refractivity contribution in [1.29, 1.82) is 5.26 Å². The van der Waals surface area contributed by atoms with Gasteiger partial charge in [-0.25, -0.2) is 14.2 Å². The van der Waals surface area contributed by atoms with E-state index in [2.05, 4.69) is 20.5 Å². The van der Waals surface area contributed by atoms with Gasteiger partial charge in [-0.05, 0) is 18.2 Å². The summed E-state index contributed by atoms with van der Waals surface area (Å²) in [6, 6.07) is 8.91. The van der Waals surface area contributed by atoms with Crippen molar-refractivity contribution in [2.24, 2.45) is 0 Å². The van der Waals surface area contributed by atoms with E-state index in [9.17, 15) is 9.59 Å². The van der Waals surface area contributed by atoms with Gasteiger partial charge in [-0.2, -0.15) is 5.26 Å². The van der Waals surface area contributed by atoms with E-state index >= 15 is 0 Å². The number of hydrogen-bond acceptors (Lipinski definition) is 6. The molecule has 7 nitrogen and oxygen atoms in total. The maximum Gasteiger partial charge on any atom is 0.343 e. The first-order valence-electron chi connectivity index (χ1n) is 7.55. The fourth-order valence-corrected chi connectivity index (χ4v) is 1.84. The Morgan fingerprint density at radius 1 is 1.15 bits per heavy atom. The molecule has 138 valence electrons. The maximum absolute atomic E-state index is 11.2. The second-order valence-electron chi connectivity index (χ2n) is 4.82. The van der Waals surface area contributed by atoms with E-state index in [-0.39, 0.29) is 35.9 Å². The van der Waals surface area contributed by atoms with Crippen LogP contribution in [-0.2, 0) is 16.0 Å². The molecule has 0 fully saturated rings. The van der Waals surface area contributed by atoms with Crippen LogP contribution in [0.25, 0.3) is 0 Å². The Kier molecular flexibility index (Phi) is 12.4. The summed E-state index contributed by atoms with van der Waals surface area (Å²) in [5.41, 5.74) is 1.00. The van der Waals surface area contributed by atoms with Crippen LogP contribution in [0, 0.1) is 11.3 Å². The van der Waals surface area contributed by atoms with Crippen LogP contribution in [0.1, 0.15) is 33.6 Å². The third-order valence-corrected chi connectivity index (χ3v) is 3.07. The SMILES string of the molecule is COC(=O)c1ccc[n+](CCCC#N)c1.COC(=O)c1cccnc1.[I-]. The molecule has 0 aromatic carbocycles. The minimum absolute atomic E-state index is 0. The summed E-state index contributed by atoms with van der Waals surface area (Å²) in [5, 5.41) is 8.39. The van der Waals surface area contributed by atoms with Crippen LogP contribution in [0.2, 0.25) is 0 Å². The molecule has 0 atom stereocenters. The second kappa shape index (κ2) is 13.7. The van der Waals surface area contributed by atoms with Crippen LogP contribution >= 0.6 is 0 Å². The summed E-state index contributed by atoms with van der Waals surface area (Å²) >= 11 is 0. The van der Waals surface area contributed by atoms with Crippen molar-refractivity contribution in [2.45, 2.75) is 19.4 Å². The molecular weight excluding hydrogens is 449 g/mol. The van der Waals surface area contributed by atoms with Crippen LogP contribution in [0.3, 0.4) is 0 Å². The average Bonchev–Trinajstić information content (AvgIpc) is 2.68. The van der Waals surface area contributed by atoms with E-state index in [1.807, 2.05) is 10.8 Å².